The number of amides is 1. The van der Waals surface area contributed by atoms with E-state index in [2.05, 4.69) is 15.3 Å². The fourth-order valence-electron chi connectivity index (χ4n) is 1.68. The monoisotopic (exact) mass is 269 g/mol. The number of ether oxygens (including phenoxy) is 1. The Bertz CT molecular complexity index is 764. The summed E-state index contributed by atoms with van der Waals surface area (Å²) in [4.78, 5) is 17.3. The number of anilines is 1. The third-order valence-electron chi connectivity index (χ3n) is 2.44. The van der Waals surface area contributed by atoms with Gasteiger partial charge in [-0.3, -0.25) is 9.35 Å². The van der Waals surface area contributed by atoms with Crippen LogP contribution in [0.3, 0.4) is 0 Å². The lowest BCUT2D eigenvalue weighted by Gasteiger charge is -2.17. The first-order chi connectivity index (χ1) is 8.43. The molecule has 0 bridgehead atoms. The van der Waals surface area contributed by atoms with Gasteiger partial charge in [-0.15, -0.1) is 0 Å². The van der Waals surface area contributed by atoms with Gasteiger partial charge in [-0.2, -0.15) is 8.42 Å². The van der Waals surface area contributed by atoms with E-state index in [0.29, 0.717) is 22.5 Å². The van der Waals surface area contributed by atoms with Crippen molar-refractivity contribution in [1.29, 1.82) is 0 Å². The van der Waals surface area contributed by atoms with E-state index in [0.717, 1.165) is 0 Å². The molecule has 0 saturated carbocycles. The molecule has 1 aliphatic heterocycles. The van der Waals surface area contributed by atoms with Gasteiger partial charge in [-0.1, -0.05) is 0 Å². The van der Waals surface area contributed by atoms with Gasteiger partial charge in [0.2, 0.25) is 0 Å². The molecule has 0 fully saturated rings. The molecule has 1 aliphatic rings. The van der Waals surface area contributed by atoms with Crippen molar-refractivity contribution in [2.24, 2.45) is 0 Å². The van der Waals surface area contributed by atoms with E-state index in [4.69, 9.17) is 9.29 Å². The minimum atomic E-state index is -4.39. The lowest BCUT2D eigenvalue weighted by molar-refractivity contribution is -0.118. The van der Waals surface area contributed by atoms with Gasteiger partial charge in [-0.05, 0) is 6.07 Å². The van der Waals surface area contributed by atoms with Crippen LogP contribution in [0, 0.1) is 0 Å². The minimum absolute atomic E-state index is 0.103. The van der Waals surface area contributed by atoms with Gasteiger partial charge in [0.25, 0.3) is 11.1 Å². The van der Waals surface area contributed by atoms with Crippen LogP contribution in [0.1, 0.15) is 0 Å². The van der Waals surface area contributed by atoms with Crippen molar-refractivity contribution in [3.63, 3.8) is 0 Å². The summed E-state index contributed by atoms with van der Waals surface area (Å²) in [6, 6.07) is 2.97. The molecule has 0 spiro atoms. The maximum absolute atomic E-state index is 11.1. The van der Waals surface area contributed by atoms with Crippen LogP contribution >= 0.6 is 0 Å². The zero-order valence-corrected chi connectivity index (χ0v) is 9.61. The Balaban J connectivity index is 2.21. The molecule has 94 valence electrons. The van der Waals surface area contributed by atoms with Gasteiger partial charge < -0.3 is 15.0 Å². The predicted molar refractivity (Wildman–Crippen MR) is 60.0 cm³/mol. The molecule has 1 aromatic carbocycles. The Kier molecular flexibility index (Phi) is 2.10. The molecule has 0 unspecified atom stereocenters. The molecule has 0 atom stereocenters. The number of nitrogens with zero attached hydrogens (tertiary/aromatic N) is 1. The molecule has 3 N–H and O–H groups in total. The number of hydrogen-bond donors (Lipinski definition) is 3. The molecule has 2 heterocycles. The average Bonchev–Trinajstić information content (AvgIpc) is 2.68. The van der Waals surface area contributed by atoms with Crippen LogP contribution in [0.4, 0.5) is 5.69 Å². The second kappa shape index (κ2) is 3.43. The highest BCUT2D eigenvalue weighted by Gasteiger charge is 2.20. The quantitative estimate of drug-likeness (QED) is 0.633. The normalized spacial score (nSPS) is 15.1. The van der Waals surface area contributed by atoms with E-state index >= 15 is 0 Å². The van der Waals surface area contributed by atoms with Crippen molar-refractivity contribution in [2.45, 2.75) is 5.16 Å². The van der Waals surface area contributed by atoms with Crippen molar-refractivity contribution in [2.75, 3.05) is 11.9 Å². The van der Waals surface area contributed by atoms with Gasteiger partial charge in [-0.25, -0.2) is 4.98 Å². The fourth-order valence-corrected chi connectivity index (χ4v) is 2.14. The Hall–Kier alpha value is -2.13. The molecule has 9 heteroatoms. The van der Waals surface area contributed by atoms with E-state index < -0.39 is 15.3 Å². The lowest BCUT2D eigenvalue weighted by atomic mass is 10.2. The number of hydrogen-bond acceptors (Lipinski definition) is 5. The molecular formula is C9H7N3O5S. The topological polar surface area (TPSA) is 121 Å². The summed E-state index contributed by atoms with van der Waals surface area (Å²) in [6.07, 6.45) is 0. The van der Waals surface area contributed by atoms with Gasteiger partial charge in [0.1, 0.15) is 5.75 Å². The van der Waals surface area contributed by atoms with Crippen molar-refractivity contribution in [3.8, 4) is 5.75 Å². The largest absolute Gasteiger partial charge is 0.481 e. The third kappa shape index (κ3) is 1.69. The molecule has 0 radical (unpaired) electrons. The summed E-state index contributed by atoms with van der Waals surface area (Å²) in [7, 11) is -4.39. The van der Waals surface area contributed by atoms with E-state index in [1.54, 1.807) is 0 Å². The van der Waals surface area contributed by atoms with Crippen molar-refractivity contribution in [3.05, 3.63) is 12.1 Å². The molecule has 3 rings (SSSR count). The Morgan fingerprint density at radius 2 is 2.17 bits per heavy atom. The molecule has 8 nitrogen and oxygen atoms in total. The van der Waals surface area contributed by atoms with Gasteiger partial charge in [0.05, 0.1) is 16.7 Å². The molecule has 1 amide bonds. The number of imidazole rings is 1. The Morgan fingerprint density at radius 3 is 2.89 bits per heavy atom. The first-order valence-electron chi connectivity index (χ1n) is 4.87. The SMILES string of the molecule is O=C1COc2cc3nc(S(=O)(=O)O)[nH]c3cc2N1. The van der Waals surface area contributed by atoms with E-state index in [9.17, 15) is 13.2 Å². The standard InChI is InChI=1S/C9H7N3O5S/c13-8-3-17-7-2-5-4(1-6(7)10-8)11-9(12-5)18(14,15)16/h1-2H,3H2,(H,10,13)(H,11,12)(H,14,15,16). The number of rotatable bonds is 1. The predicted octanol–water partition coefficient (Wildman–Crippen LogP) is 0.140. The second-order valence-corrected chi connectivity index (χ2v) is 5.06. The van der Waals surface area contributed by atoms with Gasteiger partial charge >= 0.3 is 10.1 Å². The number of fused-ring (bicyclic) bond motifs is 2. The van der Waals surface area contributed by atoms with Crippen LogP contribution < -0.4 is 10.1 Å². The third-order valence-corrected chi connectivity index (χ3v) is 3.12. The lowest BCUT2D eigenvalue weighted by Crippen LogP contribution is -2.25. The second-order valence-electron chi connectivity index (χ2n) is 3.72. The molecular weight excluding hydrogens is 262 g/mol. The van der Waals surface area contributed by atoms with Crippen LogP contribution in [0.2, 0.25) is 0 Å². The summed E-state index contributed by atoms with van der Waals surface area (Å²) in [6.45, 7) is -0.103. The number of aromatic nitrogens is 2. The fraction of sp³-hybridized carbons (Fsp3) is 0.111. The minimum Gasteiger partial charge on any atom is -0.481 e. The van der Waals surface area contributed by atoms with Crippen LogP contribution in [0.5, 0.6) is 5.75 Å². The van der Waals surface area contributed by atoms with Crippen LogP contribution in [0.15, 0.2) is 17.3 Å². The average molecular weight is 269 g/mol. The molecule has 0 aliphatic carbocycles. The summed E-state index contributed by atoms with van der Waals surface area (Å²) in [5, 5.41) is 2.03. The zero-order valence-electron chi connectivity index (χ0n) is 8.80. The maximum atomic E-state index is 11.1. The summed E-state index contributed by atoms with van der Waals surface area (Å²) >= 11 is 0. The van der Waals surface area contributed by atoms with Crippen molar-refractivity contribution < 1.29 is 22.5 Å². The number of carbonyl (C=O) groups is 1. The molecule has 1 aromatic heterocycles. The highest BCUT2D eigenvalue weighted by molar-refractivity contribution is 7.85. The van der Waals surface area contributed by atoms with E-state index in [-0.39, 0.29) is 12.5 Å². The number of H-pyrrole nitrogens is 1. The number of benzene rings is 1. The van der Waals surface area contributed by atoms with Crippen molar-refractivity contribution in [1.82, 2.24) is 9.97 Å². The number of nitrogens with one attached hydrogen (secondary N) is 2. The highest BCUT2D eigenvalue weighted by atomic mass is 32.2. The zero-order chi connectivity index (χ0) is 12.9. The van der Waals surface area contributed by atoms with Crippen LogP contribution in [-0.2, 0) is 14.9 Å². The summed E-state index contributed by atoms with van der Waals surface area (Å²) in [5.41, 5.74) is 1.11. The highest BCUT2D eigenvalue weighted by Crippen LogP contribution is 2.31. The van der Waals surface area contributed by atoms with Crippen LogP contribution in [0.25, 0.3) is 11.0 Å². The Labute approximate surface area is 101 Å². The summed E-state index contributed by atoms with van der Waals surface area (Å²) in [5.74, 6) is 0.104. The van der Waals surface area contributed by atoms with Crippen molar-refractivity contribution >= 4 is 32.7 Å². The van der Waals surface area contributed by atoms with Gasteiger partial charge in [0.15, 0.2) is 6.61 Å². The van der Waals surface area contributed by atoms with E-state index in [1.165, 1.54) is 12.1 Å². The first-order valence-corrected chi connectivity index (χ1v) is 6.31. The molecule has 0 saturated heterocycles. The first kappa shape index (κ1) is 11.0. The Morgan fingerprint density at radius 1 is 1.39 bits per heavy atom. The van der Waals surface area contributed by atoms with Gasteiger partial charge in [0, 0.05) is 6.07 Å². The van der Waals surface area contributed by atoms with Crippen LogP contribution in [-0.4, -0.2) is 35.5 Å². The number of aromatic amines is 1. The van der Waals surface area contributed by atoms with E-state index in [1.807, 2.05) is 0 Å². The summed E-state index contributed by atoms with van der Waals surface area (Å²) < 4.78 is 35.9. The molecule has 18 heavy (non-hydrogen) atoms. The molecule has 2 aromatic rings. The smallest absolute Gasteiger partial charge is 0.328 e. The number of carbonyl (C=O) groups excluding carboxylic acids is 1. The maximum Gasteiger partial charge on any atom is 0.328 e.